The van der Waals surface area contributed by atoms with E-state index in [1.165, 1.54) is 17.5 Å². The molecule has 130 valence electrons. The Morgan fingerprint density at radius 2 is 2.00 bits per heavy atom. The van der Waals surface area contributed by atoms with Crippen molar-refractivity contribution in [2.75, 3.05) is 31.5 Å². The molecule has 6 heteroatoms. The maximum absolute atomic E-state index is 12.4. The summed E-state index contributed by atoms with van der Waals surface area (Å²) < 4.78 is 0. The van der Waals surface area contributed by atoms with Crippen molar-refractivity contribution < 1.29 is 4.79 Å². The van der Waals surface area contributed by atoms with Crippen LogP contribution in [0.3, 0.4) is 0 Å². The summed E-state index contributed by atoms with van der Waals surface area (Å²) >= 11 is 0. The molecule has 1 aromatic carbocycles. The summed E-state index contributed by atoms with van der Waals surface area (Å²) in [6.07, 6.45) is 6.65. The van der Waals surface area contributed by atoms with Gasteiger partial charge in [-0.25, -0.2) is 9.97 Å². The number of rotatable bonds is 3. The summed E-state index contributed by atoms with van der Waals surface area (Å²) in [7, 11) is 0. The number of carbonyl (C=O) groups is 1. The smallest absolute Gasteiger partial charge is 0.274 e. The third-order valence-corrected chi connectivity index (χ3v) is 4.97. The van der Waals surface area contributed by atoms with Gasteiger partial charge < -0.3 is 15.5 Å². The molecule has 0 spiro atoms. The highest BCUT2D eigenvalue weighted by Crippen LogP contribution is 2.31. The normalized spacial score (nSPS) is 20.0. The van der Waals surface area contributed by atoms with Gasteiger partial charge in [0.25, 0.3) is 5.91 Å². The molecule has 1 aromatic heterocycles. The Bertz CT molecular complexity index is 740. The summed E-state index contributed by atoms with van der Waals surface area (Å²) in [5.74, 6) is 0.683. The van der Waals surface area contributed by atoms with Crippen LogP contribution in [0.2, 0.25) is 0 Å². The average Bonchev–Trinajstić information content (AvgIpc) is 2.69. The highest BCUT2D eigenvalue weighted by Gasteiger charge is 2.21. The molecule has 1 aliphatic carbocycles. The molecule has 25 heavy (non-hydrogen) atoms. The van der Waals surface area contributed by atoms with Gasteiger partial charge in [0, 0.05) is 26.2 Å². The first kappa shape index (κ1) is 16.0. The Morgan fingerprint density at radius 3 is 2.80 bits per heavy atom. The van der Waals surface area contributed by atoms with Crippen LogP contribution in [0.15, 0.2) is 36.7 Å². The topological polar surface area (TPSA) is 70.2 Å². The lowest BCUT2D eigenvalue weighted by atomic mass is 9.88. The Kier molecular flexibility index (Phi) is 4.61. The third-order valence-electron chi connectivity index (χ3n) is 4.97. The molecule has 1 saturated heterocycles. The van der Waals surface area contributed by atoms with Crippen molar-refractivity contribution in [3.05, 3.63) is 53.5 Å². The predicted octanol–water partition coefficient (Wildman–Crippen LogP) is 2.01. The fourth-order valence-corrected chi connectivity index (χ4v) is 3.63. The SMILES string of the molecule is O=C(c1cnc(N[C@H]2CCCc3ccccc32)cn1)N1CCNCC1. The van der Waals surface area contributed by atoms with Gasteiger partial charge in [-0.2, -0.15) is 0 Å². The lowest BCUT2D eigenvalue weighted by Crippen LogP contribution is -2.46. The lowest BCUT2D eigenvalue weighted by molar-refractivity contribution is 0.0729. The van der Waals surface area contributed by atoms with Crippen molar-refractivity contribution >= 4 is 11.7 Å². The highest BCUT2D eigenvalue weighted by atomic mass is 16.2. The van der Waals surface area contributed by atoms with Crippen LogP contribution in [0, 0.1) is 0 Å². The van der Waals surface area contributed by atoms with Crippen LogP contribution in [0.5, 0.6) is 0 Å². The monoisotopic (exact) mass is 337 g/mol. The largest absolute Gasteiger partial charge is 0.362 e. The van der Waals surface area contributed by atoms with Gasteiger partial charge in [-0.05, 0) is 30.4 Å². The second kappa shape index (κ2) is 7.19. The standard InChI is InChI=1S/C19H23N5O/c25-19(24-10-8-20-9-11-24)17-12-22-18(13-21-17)23-16-7-3-5-14-4-1-2-6-15(14)16/h1-2,4,6,12-13,16,20H,3,5,7-11H2,(H,22,23)/t16-/m0/s1. The summed E-state index contributed by atoms with van der Waals surface area (Å²) in [5.41, 5.74) is 3.16. The number of benzene rings is 1. The van der Waals surface area contributed by atoms with Gasteiger partial charge in [0.2, 0.25) is 0 Å². The van der Waals surface area contributed by atoms with E-state index in [2.05, 4.69) is 44.9 Å². The van der Waals surface area contributed by atoms with Crippen LogP contribution in [0.1, 0.15) is 40.5 Å². The molecule has 2 N–H and O–H groups in total. The molecule has 0 unspecified atom stereocenters. The minimum atomic E-state index is -0.0384. The van der Waals surface area contributed by atoms with E-state index in [1.54, 1.807) is 12.4 Å². The highest BCUT2D eigenvalue weighted by molar-refractivity contribution is 5.92. The maximum Gasteiger partial charge on any atom is 0.274 e. The summed E-state index contributed by atoms with van der Waals surface area (Å²) in [5, 5.41) is 6.72. The molecule has 1 atom stereocenters. The van der Waals surface area contributed by atoms with Crippen LogP contribution in [0.4, 0.5) is 5.82 Å². The molecular formula is C19H23N5O. The average molecular weight is 337 g/mol. The Labute approximate surface area is 147 Å². The van der Waals surface area contributed by atoms with E-state index in [9.17, 15) is 4.79 Å². The van der Waals surface area contributed by atoms with E-state index in [0.29, 0.717) is 5.69 Å². The van der Waals surface area contributed by atoms with Crippen molar-refractivity contribution in [3.63, 3.8) is 0 Å². The van der Waals surface area contributed by atoms with Crippen molar-refractivity contribution in [3.8, 4) is 0 Å². The molecule has 1 amide bonds. The molecule has 0 saturated carbocycles. The zero-order valence-corrected chi connectivity index (χ0v) is 14.2. The predicted molar refractivity (Wildman–Crippen MR) is 96.5 cm³/mol. The molecule has 0 radical (unpaired) electrons. The molecule has 1 aliphatic heterocycles. The second-order valence-electron chi connectivity index (χ2n) is 6.62. The zero-order chi connectivity index (χ0) is 17.1. The van der Waals surface area contributed by atoms with Gasteiger partial charge in [0.1, 0.15) is 11.5 Å². The number of amides is 1. The van der Waals surface area contributed by atoms with Crippen LogP contribution >= 0.6 is 0 Å². The summed E-state index contributed by atoms with van der Waals surface area (Å²) in [6, 6.07) is 8.82. The molecule has 6 nitrogen and oxygen atoms in total. The summed E-state index contributed by atoms with van der Waals surface area (Å²) in [6.45, 7) is 3.11. The number of fused-ring (bicyclic) bond motifs is 1. The van der Waals surface area contributed by atoms with Crippen LogP contribution < -0.4 is 10.6 Å². The molecule has 2 aliphatic rings. The van der Waals surface area contributed by atoms with Gasteiger partial charge >= 0.3 is 0 Å². The Morgan fingerprint density at radius 1 is 1.16 bits per heavy atom. The molecule has 1 fully saturated rings. The van der Waals surface area contributed by atoms with Crippen molar-refractivity contribution in [2.24, 2.45) is 0 Å². The van der Waals surface area contributed by atoms with E-state index in [-0.39, 0.29) is 11.9 Å². The number of hydrogen-bond acceptors (Lipinski definition) is 5. The molecule has 4 rings (SSSR count). The maximum atomic E-state index is 12.4. The Hall–Kier alpha value is -2.47. The number of anilines is 1. The number of nitrogens with zero attached hydrogens (tertiary/aromatic N) is 3. The Balaban J connectivity index is 1.45. The van der Waals surface area contributed by atoms with E-state index in [1.807, 2.05) is 4.90 Å². The quantitative estimate of drug-likeness (QED) is 0.897. The fraction of sp³-hybridized carbons (Fsp3) is 0.421. The lowest BCUT2D eigenvalue weighted by Gasteiger charge is -2.27. The number of aromatic nitrogens is 2. The van der Waals surface area contributed by atoms with Gasteiger partial charge in [-0.1, -0.05) is 24.3 Å². The van der Waals surface area contributed by atoms with E-state index in [4.69, 9.17) is 0 Å². The number of carbonyl (C=O) groups excluding carboxylic acids is 1. The van der Waals surface area contributed by atoms with Crippen LogP contribution in [-0.2, 0) is 6.42 Å². The molecular weight excluding hydrogens is 314 g/mol. The van der Waals surface area contributed by atoms with Crippen molar-refractivity contribution in [1.82, 2.24) is 20.2 Å². The third kappa shape index (κ3) is 3.49. The first-order chi connectivity index (χ1) is 12.3. The van der Waals surface area contributed by atoms with Gasteiger partial charge in [0.05, 0.1) is 18.4 Å². The number of piperazine rings is 1. The van der Waals surface area contributed by atoms with E-state index in [0.717, 1.165) is 44.8 Å². The first-order valence-corrected chi connectivity index (χ1v) is 8.97. The number of aryl methyl sites for hydroxylation is 1. The van der Waals surface area contributed by atoms with Gasteiger partial charge in [-0.3, -0.25) is 4.79 Å². The van der Waals surface area contributed by atoms with Crippen molar-refractivity contribution in [1.29, 1.82) is 0 Å². The molecule has 0 bridgehead atoms. The fourth-order valence-electron chi connectivity index (χ4n) is 3.63. The van der Waals surface area contributed by atoms with Gasteiger partial charge in [0.15, 0.2) is 0 Å². The van der Waals surface area contributed by atoms with Crippen molar-refractivity contribution in [2.45, 2.75) is 25.3 Å². The van der Waals surface area contributed by atoms with Gasteiger partial charge in [-0.15, -0.1) is 0 Å². The summed E-state index contributed by atoms with van der Waals surface area (Å²) in [4.78, 5) is 23.0. The second-order valence-corrected chi connectivity index (χ2v) is 6.62. The van der Waals surface area contributed by atoms with E-state index < -0.39 is 0 Å². The minimum Gasteiger partial charge on any atom is -0.362 e. The first-order valence-electron chi connectivity index (χ1n) is 8.97. The van der Waals surface area contributed by atoms with Crippen LogP contribution in [0.25, 0.3) is 0 Å². The van der Waals surface area contributed by atoms with E-state index >= 15 is 0 Å². The zero-order valence-electron chi connectivity index (χ0n) is 14.2. The molecule has 2 aromatic rings. The molecule has 2 heterocycles. The van der Waals surface area contributed by atoms with Crippen LogP contribution in [-0.4, -0.2) is 47.0 Å². The minimum absolute atomic E-state index is 0.0384. The number of hydrogen-bond donors (Lipinski definition) is 2. The number of nitrogens with one attached hydrogen (secondary N) is 2.